The molecule has 0 bridgehead atoms. The van der Waals surface area contributed by atoms with E-state index in [0.717, 1.165) is 52.2 Å². The summed E-state index contributed by atoms with van der Waals surface area (Å²) in [5.41, 5.74) is 2.90. The maximum atomic E-state index is 12.7. The number of nitrogens with one attached hydrogen (secondary N) is 2. The first kappa shape index (κ1) is 18.8. The van der Waals surface area contributed by atoms with Crippen molar-refractivity contribution in [2.45, 2.75) is 19.4 Å². The number of rotatable bonds is 5. The number of benzene rings is 2. The van der Waals surface area contributed by atoms with E-state index < -0.39 is 0 Å². The van der Waals surface area contributed by atoms with Gasteiger partial charge in [-0.15, -0.1) is 0 Å². The van der Waals surface area contributed by atoms with Crippen molar-refractivity contribution in [3.63, 3.8) is 0 Å². The van der Waals surface area contributed by atoms with Crippen molar-refractivity contribution < 1.29 is 9.53 Å². The summed E-state index contributed by atoms with van der Waals surface area (Å²) in [7, 11) is 1.64. The van der Waals surface area contributed by atoms with Crippen LogP contribution in [-0.2, 0) is 11.3 Å². The van der Waals surface area contributed by atoms with Crippen molar-refractivity contribution in [1.82, 2.24) is 15.3 Å². The average Bonchev–Trinajstić information content (AvgIpc) is 3.15. The number of imidazole rings is 1. The Morgan fingerprint density at radius 1 is 1.36 bits per heavy atom. The highest BCUT2D eigenvalue weighted by atomic mass is 79.9. The molecular weight excluding hydrogens is 420 g/mol. The highest BCUT2D eigenvalue weighted by Gasteiger charge is 2.27. The van der Waals surface area contributed by atoms with Gasteiger partial charge in [0.15, 0.2) is 0 Å². The van der Waals surface area contributed by atoms with E-state index in [2.05, 4.69) is 36.1 Å². The molecule has 7 heteroatoms. The Balaban J connectivity index is 1.41. The minimum absolute atomic E-state index is 0.0524. The molecule has 0 spiro atoms. The van der Waals surface area contributed by atoms with Crippen molar-refractivity contribution in [3.8, 4) is 5.75 Å². The maximum absolute atomic E-state index is 12.7. The van der Waals surface area contributed by atoms with Gasteiger partial charge in [-0.25, -0.2) is 4.98 Å². The second-order valence-electron chi connectivity index (χ2n) is 7.04. The van der Waals surface area contributed by atoms with Gasteiger partial charge in [-0.05, 0) is 37.1 Å². The van der Waals surface area contributed by atoms with Gasteiger partial charge in [-0.2, -0.15) is 0 Å². The molecule has 146 valence electrons. The Kier molecular flexibility index (Phi) is 5.52. The Morgan fingerprint density at radius 3 is 3.07 bits per heavy atom. The number of halogens is 1. The quantitative estimate of drug-likeness (QED) is 0.628. The molecular formula is C21H23BrN4O2. The van der Waals surface area contributed by atoms with Crippen molar-refractivity contribution in [3.05, 3.63) is 52.5 Å². The lowest BCUT2D eigenvalue weighted by atomic mass is 9.97. The number of para-hydroxylation sites is 1. The smallest absolute Gasteiger partial charge is 0.225 e. The minimum atomic E-state index is -0.0524. The van der Waals surface area contributed by atoms with E-state index in [4.69, 9.17) is 4.74 Å². The van der Waals surface area contributed by atoms with Crippen LogP contribution in [0, 0.1) is 5.92 Å². The molecule has 0 aliphatic carbocycles. The molecule has 6 nitrogen and oxygen atoms in total. The van der Waals surface area contributed by atoms with Gasteiger partial charge in [0, 0.05) is 29.7 Å². The van der Waals surface area contributed by atoms with Gasteiger partial charge in [-0.3, -0.25) is 4.79 Å². The van der Waals surface area contributed by atoms with Crippen LogP contribution in [0.4, 0.5) is 5.95 Å². The summed E-state index contributed by atoms with van der Waals surface area (Å²) in [4.78, 5) is 23.0. The molecule has 1 amide bonds. The number of methoxy groups -OCH3 is 1. The van der Waals surface area contributed by atoms with Crippen LogP contribution in [0.15, 0.2) is 46.9 Å². The number of fused-ring (bicyclic) bond motifs is 1. The largest absolute Gasteiger partial charge is 0.496 e. The summed E-state index contributed by atoms with van der Waals surface area (Å²) >= 11 is 3.49. The normalized spacial score (nSPS) is 16.9. The second-order valence-corrected chi connectivity index (χ2v) is 7.95. The maximum Gasteiger partial charge on any atom is 0.225 e. The average molecular weight is 443 g/mol. The zero-order chi connectivity index (χ0) is 19.5. The van der Waals surface area contributed by atoms with Gasteiger partial charge in [0.2, 0.25) is 11.9 Å². The molecule has 2 aromatic carbocycles. The lowest BCUT2D eigenvalue weighted by Crippen LogP contribution is -2.43. The van der Waals surface area contributed by atoms with E-state index >= 15 is 0 Å². The molecule has 28 heavy (non-hydrogen) atoms. The molecule has 1 fully saturated rings. The topological polar surface area (TPSA) is 70.2 Å². The Bertz CT molecular complexity index is 987. The number of carbonyl (C=O) groups excluding carboxylic acids is 1. The van der Waals surface area contributed by atoms with E-state index in [1.54, 1.807) is 7.11 Å². The van der Waals surface area contributed by atoms with Gasteiger partial charge >= 0.3 is 0 Å². The molecule has 0 unspecified atom stereocenters. The Labute approximate surface area is 172 Å². The van der Waals surface area contributed by atoms with Crippen LogP contribution in [0.1, 0.15) is 18.4 Å². The molecule has 1 aliphatic rings. The lowest BCUT2D eigenvalue weighted by molar-refractivity contribution is -0.125. The van der Waals surface area contributed by atoms with Gasteiger partial charge in [-0.1, -0.05) is 34.1 Å². The predicted octanol–water partition coefficient (Wildman–Crippen LogP) is 3.87. The van der Waals surface area contributed by atoms with Gasteiger partial charge < -0.3 is 19.9 Å². The van der Waals surface area contributed by atoms with E-state index in [0.29, 0.717) is 13.1 Å². The molecule has 3 aromatic rings. The summed E-state index contributed by atoms with van der Waals surface area (Å²) < 4.78 is 6.38. The van der Waals surface area contributed by atoms with Crippen LogP contribution in [0.2, 0.25) is 0 Å². The van der Waals surface area contributed by atoms with Crippen molar-refractivity contribution >= 4 is 38.8 Å². The molecule has 2 N–H and O–H groups in total. The number of aromatic nitrogens is 2. The zero-order valence-electron chi connectivity index (χ0n) is 15.7. The number of carbonyl (C=O) groups is 1. The van der Waals surface area contributed by atoms with Gasteiger partial charge in [0.05, 0.1) is 24.1 Å². The number of piperidine rings is 1. The SMILES string of the molecule is COc1ccccc1CNC(=O)[C@H]1CCCN(c2nc3ccc(Br)cc3[nH]2)C1. The van der Waals surface area contributed by atoms with Crippen LogP contribution in [0.3, 0.4) is 0 Å². The molecule has 4 rings (SSSR count). The first-order chi connectivity index (χ1) is 13.6. The molecule has 2 heterocycles. The predicted molar refractivity (Wildman–Crippen MR) is 114 cm³/mol. The van der Waals surface area contributed by atoms with Crippen molar-refractivity contribution in [1.29, 1.82) is 0 Å². The third-order valence-electron chi connectivity index (χ3n) is 5.17. The fourth-order valence-electron chi connectivity index (χ4n) is 3.68. The standard InChI is InChI=1S/C21H23BrN4O2/c1-28-19-7-3-2-5-14(19)12-23-20(27)15-6-4-10-26(13-15)21-24-17-9-8-16(22)11-18(17)25-21/h2-3,5,7-9,11,15H,4,6,10,12-13H2,1H3,(H,23,27)(H,24,25)/t15-/m0/s1. The molecule has 1 aliphatic heterocycles. The van der Waals surface area contributed by atoms with E-state index in [1.165, 1.54) is 0 Å². The Hall–Kier alpha value is -2.54. The van der Waals surface area contributed by atoms with Crippen molar-refractivity contribution in [2.24, 2.45) is 5.92 Å². The van der Waals surface area contributed by atoms with Crippen LogP contribution in [0.5, 0.6) is 5.75 Å². The summed E-state index contributed by atoms with van der Waals surface area (Å²) in [6.07, 6.45) is 1.85. The highest BCUT2D eigenvalue weighted by molar-refractivity contribution is 9.10. The highest BCUT2D eigenvalue weighted by Crippen LogP contribution is 2.25. The fourth-order valence-corrected chi connectivity index (χ4v) is 4.04. The third kappa shape index (κ3) is 3.99. The molecule has 1 saturated heterocycles. The second kappa shape index (κ2) is 8.22. The first-order valence-corrected chi connectivity index (χ1v) is 10.2. The molecule has 1 atom stereocenters. The summed E-state index contributed by atoms with van der Waals surface area (Å²) in [5, 5.41) is 3.07. The summed E-state index contributed by atoms with van der Waals surface area (Å²) in [6.45, 7) is 2.04. The number of hydrogen-bond donors (Lipinski definition) is 2. The number of aromatic amines is 1. The molecule has 1 aromatic heterocycles. The summed E-state index contributed by atoms with van der Waals surface area (Å²) in [6, 6.07) is 13.7. The van der Waals surface area contributed by atoms with Gasteiger partial charge in [0.1, 0.15) is 5.75 Å². The number of amides is 1. The zero-order valence-corrected chi connectivity index (χ0v) is 17.3. The van der Waals surface area contributed by atoms with E-state index in [9.17, 15) is 4.79 Å². The lowest BCUT2D eigenvalue weighted by Gasteiger charge is -2.31. The van der Waals surface area contributed by atoms with Crippen molar-refractivity contribution in [2.75, 3.05) is 25.1 Å². The number of hydrogen-bond acceptors (Lipinski definition) is 4. The number of anilines is 1. The number of nitrogens with zero attached hydrogens (tertiary/aromatic N) is 2. The first-order valence-electron chi connectivity index (χ1n) is 9.44. The van der Waals surface area contributed by atoms with Crippen LogP contribution >= 0.6 is 15.9 Å². The third-order valence-corrected chi connectivity index (χ3v) is 5.66. The monoisotopic (exact) mass is 442 g/mol. The Morgan fingerprint density at radius 2 is 2.21 bits per heavy atom. The molecule has 0 radical (unpaired) electrons. The van der Waals surface area contributed by atoms with Crippen LogP contribution < -0.4 is 15.0 Å². The fraction of sp³-hybridized carbons (Fsp3) is 0.333. The minimum Gasteiger partial charge on any atom is -0.496 e. The van der Waals surface area contributed by atoms with E-state index in [1.807, 2.05) is 42.5 Å². The number of ether oxygens (including phenoxy) is 1. The van der Waals surface area contributed by atoms with E-state index in [-0.39, 0.29) is 11.8 Å². The molecule has 0 saturated carbocycles. The van der Waals surface area contributed by atoms with Crippen LogP contribution in [-0.4, -0.2) is 36.1 Å². The number of H-pyrrole nitrogens is 1. The van der Waals surface area contributed by atoms with Crippen LogP contribution in [0.25, 0.3) is 11.0 Å². The summed E-state index contributed by atoms with van der Waals surface area (Å²) in [5.74, 6) is 1.65. The van der Waals surface area contributed by atoms with Gasteiger partial charge in [0.25, 0.3) is 0 Å².